The van der Waals surface area contributed by atoms with E-state index in [-0.39, 0.29) is 0 Å². The quantitative estimate of drug-likeness (QED) is 0.141. The van der Waals surface area contributed by atoms with Crippen molar-refractivity contribution in [3.05, 3.63) is 0 Å². The van der Waals surface area contributed by atoms with Gasteiger partial charge in [0, 0.05) is 52.4 Å². The third kappa shape index (κ3) is 12.2. The number of nitrogens with zero attached hydrogens (tertiary/aromatic N) is 8. The summed E-state index contributed by atoms with van der Waals surface area (Å²) in [6, 6.07) is 0. The van der Waals surface area contributed by atoms with E-state index in [0.29, 0.717) is 43.7 Å². The summed E-state index contributed by atoms with van der Waals surface area (Å²) in [5, 5.41) is 15.6. The summed E-state index contributed by atoms with van der Waals surface area (Å²) in [7, 11) is 0. The Balaban J connectivity index is 0.000000262. The molecule has 0 aromatic rings. The molecule has 0 radical (unpaired) electrons. The molecular weight excluding hydrogens is 769 g/mol. The maximum absolute atomic E-state index is 8.50. The summed E-state index contributed by atoms with van der Waals surface area (Å²) in [5.74, 6) is 0. The maximum atomic E-state index is 8.50. The van der Waals surface area contributed by atoms with E-state index in [1.54, 1.807) is 10.2 Å². The van der Waals surface area contributed by atoms with Crippen LogP contribution in [0.3, 0.4) is 0 Å². The molecule has 0 saturated carbocycles. The van der Waals surface area contributed by atoms with Crippen LogP contribution < -0.4 is 0 Å². The average Bonchev–Trinajstić information content (AvgIpc) is 3.66. The predicted octanol–water partition coefficient (Wildman–Crippen LogP) is 1.38. The molecule has 0 aromatic carbocycles. The fraction of sp³-hybridized carbons (Fsp3) is 0.800. The molecule has 4 saturated heterocycles. The molecule has 0 aliphatic carbocycles. The molecule has 0 amide bonds. The van der Waals surface area contributed by atoms with Gasteiger partial charge in [-0.15, -0.1) is 25.3 Å². The zero-order valence-electron chi connectivity index (χ0n) is 22.3. The van der Waals surface area contributed by atoms with E-state index in [9.17, 15) is 0 Å². The van der Waals surface area contributed by atoms with E-state index in [2.05, 4.69) is 45.3 Å². The summed E-state index contributed by atoms with van der Waals surface area (Å²) in [6.07, 6.45) is 4.59. The topological polar surface area (TPSA) is 78.5 Å². The Morgan fingerprint density at radius 2 is 0.805 bits per heavy atom. The van der Waals surface area contributed by atoms with Crippen molar-refractivity contribution in [2.45, 2.75) is 25.7 Å². The van der Waals surface area contributed by atoms with Crippen molar-refractivity contribution in [3.63, 3.8) is 0 Å². The van der Waals surface area contributed by atoms with Crippen LogP contribution in [0.4, 0.5) is 0 Å². The summed E-state index contributed by atoms with van der Waals surface area (Å²) in [5.41, 5.74) is 0. The molecule has 4 rings (SSSR count). The van der Waals surface area contributed by atoms with E-state index >= 15 is 0 Å². The molecule has 0 spiro atoms. The number of ether oxygens (including phenoxy) is 2. The van der Waals surface area contributed by atoms with Gasteiger partial charge in [-0.1, -0.05) is 0 Å². The Morgan fingerprint density at radius 3 is 1.02 bits per heavy atom. The van der Waals surface area contributed by atoms with E-state index in [1.807, 2.05) is 10.2 Å². The molecule has 0 unspecified atom stereocenters. The van der Waals surface area contributed by atoms with Crippen molar-refractivity contribution >= 4 is 117 Å². The standard InChI is InChI=1S/2C10H18N4OS4.Mo.2O/c2*16-9(17)13(11-3-1-2-4-11)14(10(18)19)12-5-7-15-8-6-12;;;/h2*1-8H2,(H,16,17)(H,18,19);;;/q;;+2;;/p-2. The number of thiol groups is 2. The van der Waals surface area contributed by atoms with Crippen LogP contribution in [0.15, 0.2) is 0 Å². The van der Waals surface area contributed by atoms with Gasteiger partial charge >= 0.3 is 25.3 Å². The Kier molecular flexibility index (Phi) is 19.2. The third-order valence-electron chi connectivity index (χ3n) is 6.24. The molecule has 0 bridgehead atoms. The molecule has 232 valence electrons. The number of morpholine rings is 2. The third-order valence-corrected chi connectivity index (χ3v) is 7.58. The molecule has 0 atom stereocenters. The van der Waals surface area contributed by atoms with Gasteiger partial charge in [-0.3, -0.25) is 0 Å². The van der Waals surface area contributed by atoms with Gasteiger partial charge in [-0.2, -0.15) is 30.3 Å². The van der Waals surface area contributed by atoms with Gasteiger partial charge in [-0.05, 0) is 58.8 Å². The van der Waals surface area contributed by atoms with E-state index in [0.717, 1.165) is 78.0 Å². The van der Waals surface area contributed by atoms with Gasteiger partial charge in [0.05, 0.1) is 26.4 Å². The fourth-order valence-electron chi connectivity index (χ4n) is 4.53. The van der Waals surface area contributed by atoms with Crippen molar-refractivity contribution in [2.75, 3.05) is 78.8 Å². The van der Waals surface area contributed by atoms with Crippen LogP contribution in [-0.2, 0) is 60.0 Å². The Bertz CT molecular complexity index is 850. The number of hydrogen-bond acceptors (Lipinski definition) is 14. The summed E-state index contributed by atoms with van der Waals surface area (Å²) < 4.78 is 29.4. The second kappa shape index (κ2) is 20.7. The Morgan fingerprint density at radius 1 is 0.561 bits per heavy atom. The molecule has 41 heavy (non-hydrogen) atoms. The summed E-state index contributed by atoms with van der Waals surface area (Å²) in [6.45, 7) is 9.44. The van der Waals surface area contributed by atoms with Crippen molar-refractivity contribution in [1.29, 1.82) is 0 Å². The molecule has 0 aromatic heterocycles. The normalized spacial score (nSPS) is 20.0. The Labute approximate surface area is 293 Å². The van der Waals surface area contributed by atoms with Gasteiger partial charge in [0.15, 0.2) is 8.64 Å². The Hall–Kier alpha value is 0.748. The van der Waals surface area contributed by atoms with E-state index < -0.39 is 18.5 Å². The van der Waals surface area contributed by atoms with Gasteiger partial charge in [0.1, 0.15) is 0 Å². The van der Waals surface area contributed by atoms with Crippen molar-refractivity contribution in [2.24, 2.45) is 0 Å². The van der Waals surface area contributed by atoms with Gasteiger partial charge in [0.2, 0.25) is 0 Å². The van der Waals surface area contributed by atoms with Crippen LogP contribution in [0, 0.1) is 0 Å². The number of hydrazine groups is 6. The zero-order valence-corrected chi connectivity index (χ0v) is 31.0. The number of thiocarbonyl (C=S) groups is 4. The monoisotopic (exact) mass is 804 g/mol. The minimum absolute atomic E-state index is 0.352. The van der Waals surface area contributed by atoms with Crippen molar-refractivity contribution < 1.29 is 34.8 Å². The molecular formula is C20H34MoN8O4S8. The summed E-state index contributed by atoms with van der Waals surface area (Å²) >= 11 is 38.1. The molecule has 12 nitrogen and oxygen atoms in total. The molecule has 21 heteroatoms. The fourth-order valence-corrected chi connectivity index (χ4v) is 6.11. The van der Waals surface area contributed by atoms with Crippen LogP contribution >= 0.6 is 74.1 Å². The van der Waals surface area contributed by atoms with Crippen LogP contribution in [0.1, 0.15) is 25.7 Å². The molecule has 0 N–H and O–H groups in total. The van der Waals surface area contributed by atoms with E-state index in [4.69, 9.17) is 90.4 Å². The number of rotatable bonds is 4. The molecule has 4 fully saturated rings. The van der Waals surface area contributed by atoms with Crippen molar-refractivity contribution in [1.82, 2.24) is 40.5 Å². The van der Waals surface area contributed by atoms with Gasteiger partial charge in [-0.25, -0.2) is 10.2 Å². The predicted molar refractivity (Wildman–Crippen MR) is 178 cm³/mol. The van der Waals surface area contributed by atoms with E-state index in [1.165, 1.54) is 0 Å². The molecule has 4 aliphatic heterocycles. The number of hydrogen-bond donors (Lipinski definition) is 2. The summed E-state index contributed by atoms with van der Waals surface area (Å²) in [4.78, 5) is 0. The van der Waals surface area contributed by atoms with Crippen LogP contribution in [-0.4, -0.2) is 137 Å². The van der Waals surface area contributed by atoms with Crippen LogP contribution in [0.25, 0.3) is 0 Å². The SMILES string of the molecule is S=C([S-])N(N1CCOCC1)N(C(=S)S)N1CCCC1.S=C([S-])N(N1CCOCC1)N(C(=S)S)N1CCCC1.[O]=[Mo+2]=[O]. The molecule has 4 aliphatic rings. The molecule has 4 heterocycles. The minimum atomic E-state index is -2.03. The van der Waals surface area contributed by atoms with Crippen LogP contribution in [0.5, 0.6) is 0 Å². The second-order valence-corrected chi connectivity index (χ2v) is 13.4. The average molecular weight is 803 g/mol. The first kappa shape index (κ1) is 37.9. The first-order chi connectivity index (χ1) is 19.6. The first-order valence-electron chi connectivity index (χ1n) is 12.8. The van der Waals surface area contributed by atoms with Crippen LogP contribution in [0.2, 0.25) is 0 Å². The first-order valence-corrected chi connectivity index (χ1v) is 17.8. The second-order valence-electron chi connectivity index (χ2n) is 8.78. The van der Waals surface area contributed by atoms with Gasteiger partial charge in [0.25, 0.3) is 0 Å². The zero-order chi connectivity index (χ0) is 30.4. The van der Waals surface area contributed by atoms with Gasteiger partial charge < -0.3 is 59.2 Å². The van der Waals surface area contributed by atoms with Crippen molar-refractivity contribution in [3.8, 4) is 0 Å².